The summed E-state index contributed by atoms with van der Waals surface area (Å²) in [5, 5.41) is 5.42. The van der Waals surface area contributed by atoms with Crippen LogP contribution in [0.3, 0.4) is 0 Å². The first kappa shape index (κ1) is 19.3. The number of ether oxygens (including phenoxy) is 1. The number of hydrogen-bond donors (Lipinski definition) is 2. The lowest BCUT2D eigenvalue weighted by molar-refractivity contribution is 0.0958. The average Bonchev–Trinajstić information content (AvgIpc) is 3.45. The zero-order valence-electron chi connectivity index (χ0n) is 17.0. The fourth-order valence-electron chi connectivity index (χ4n) is 3.46. The zero-order chi connectivity index (χ0) is 21.4. The van der Waals surface area contributed by atoms with Crippen LogP contribution in [-0.4, -0.2) is 40.1 Å². The third-order valence-corrected chi connectivity index (χ3v) is 4.91. The molecule has 3 aromatic heterocycles. The highest BCUT2D eigenvalue weighted by atomic mass is 16.5. The van der Waals surface area contributed by atoms with Crippen molar-refractivity contribution in [2.45, 2.75) is 0 Å². The Labute approximate surface area is 172 Å². The van der Waals surface area contributed by atoms with Gasteiger partial charge in [-0.05, 0) is 30.3 Å². The zero-order valence-corrected chi connectivity index (χ0v) is 17.0. The average molecular weight is 407 g/mol. The summed E-state index contributed by atoms with van der Waals surface area (Å²) >= 11 is 0. The number of aryl methyl sites for hydroxylation is 2. The van der Waals surface area contributed by atoms with Gasteiger partial charge in [-0.2, -0.15) is 0 Å². The second kappa shape index (κ2) is 7.43. The second-order valence-corrected chi connectivity index (χ2v) is 6.74. The van der Waals surface area contributed by atoms with Gasteiger partial charge in [-0.25, -0.2) is 4.98 Å². The fourth-order valence-corrected chi connectivity index (χ4v) is 3.46. The van der Waals surface area contributed by atoms with Gasteiger partial charge in [0.1, 0.15) is 5.69 Å². The van der Waals surface area contributed by atoms with Crippen molar-refractivity contribution in [3.8, 4) is 17.3 Å². The highest BCUT2D eigenvalue weighted by Gasteiger charge is 2.24. The second-order valence-electron chi connectivity index (χ2n) is 6.74. The molecule has 0 radical (unpaired) electrons. The molecule has 9 nitrogen and oxygen atoms in total. The smallest absolute Gasteiger partial charge is 0.291 e. The van der Waals surface area contributed by atoms with E-state index in [0.717, 1.165) is 5.52 Å². The minimum atomic E-state index is -0.338. The number of carbonyl (C=O) groups excluding carboxylic acids is 2. The number of nitrogens with zero attached hydrogens (tertiary/aromatic N) is 3. The van der Waals surface area contributed by atoms with Gasteiger partial charge in [-0.15, -0.1) is 0 Å². The Morgan fingerprint density at radius 2 is 1.97 bits per heavy atom. The van der Waals surface area contributed by atoms with Crippen LogP contribution in [0.4, 0.5) is 5.69 Å². The molecule has 0 saturated carbocycles. The Hall–Kier alpha value is -4.01. The van der Waals surface area contributed by atoms with Crippen LogP contribution in [0, 0.1) is 0 Å². The van der Waals surface area contributed by atoms with Gasteiger partial charge < -0.3 is 28.9 Å². The van der Waals surface area contributed by atoms with E-state index in [1.54, 1.807) is 37.5 Å². The van der Waals surface area contributed by atoms with Crippen LogP contribution in [0.1, 0.15) is 20.9 Å². The van der Waals surface area contributed by atoms with Crippen LogP contribution in [0.25, 0.3) is 22.6 Å². The quantitative estimate of drug-likeness (QED) is 0.530. The number of imidazole rings is 1. The number of fused-ring (bicyclic) bond motifs is 1. The molecule has 0 spiro atoms. The minimum Gasteiger partial charge on any atom is -0.494 e. The van der Waals surface area contributed by atoms with E-state index >= 15 is 0 Å². The van der Waals surface area contributed by atoms with Crippen molar-refractivity contribution in [2.24, 2.45) is 14.1 Å². The lowest BCUT2D eigenvalue weighted by atomic mass is 10.2. The molecular weight excluding hydrogens is 386 g/mol. The van der Waals surface area contributed by atoms with E-state index in [4.69, 9.17) is 14.1 Å². The first-order valence-electron chi connectivity index (χ1n) is 9.21. The minimum absolute atomic E-state index is 0.229. The summed E-state index contributed by atoms with van der Waals surface area (Å²) in [6.07, 6.45) is 3.16. The first-order chi connectivity index (χ1) is 14.4. The molecule has 2 amide bonds. The van der Waals surface area contributed by atoms with Crippen LogP contribution < -0.4 is 15.4 Å². The topological polar surface area (TPSA) is 103 Å². The van der Waals surface area contributed by atoms with E-state index in [1.807, 2.05) is 29.3 Å². The molecular formula is C21H21N5O4. The molecule has 154 valence electrons. The highest BCUT2D eigenvalue weighted by molar-refractivity contribution is 6.03. The van der Waals surface area contributed by atoms with Gasteiger partial charge in [0, 0.05) is 33.0 Å². The molecule has 9 heteroatoms. The molecule has 30 heavy (non-hydrogen) atoms. The Balaban J connectivity index is 1.76. The number of amides is 2. The molecule has 1 aromatic carbocycles. The lowest BCUT2D eigenvalue weighted by Gasteiger charge is -2.08. The van der Waals surface area contributed by atoms with Gasteiger partial charge in [0.2, 0.25) is 0 Å². The Kier molecular flexibility index (Phi) is 4.78. The summed E-state index contributed by atoms with van der Waals surface area (Å²) in [6.45, 7) is 0. The molecule has 0 aliphatic carbocycles. The van der Waals surface area contributed by atoms with E-state index in [0.29, 0.717) is 34.0 Å². The molecule has 0 unspecified atom stereocenters. The normalized spacial score (nSPS) is 10.9. The summed E-state index contributed by atoms with van der Waals surface area (Å²) in [4.78, 5) is 29.2. The first-order valence-corrected chi connectivity index (χ1v) is 9.21. The van der Waals surface area contributed by atoms with Crippen molar-refractivity contribution in [2.75, 3.05) is 19.5 Å². The summed E-state index contributed by atoms with van der Waals surface area (Å²) < 4.78 is 14.4. The Morgan fingerprint density at radius 3 is 2.63 bits per heavy atom. The summed E-state index contributed by atoms with van der Waals surface area (Å²) in [5.74, 6) is 0.730. The number of rotatable bonds is 5. The van der Waals surface area contributed by atoms with Crippen LogP contribution in [0.2, 0.25) is 0 Å². The monoisotopic (exact) mass is 407 g/mol. The maximum absolute atomic E-state index is 12.2. The largest absolute Gasteiger partial charge is 0.494 e. The fraction of sp³-hybridized carbons (Fsp3) is 0.190. The molecule has 2 N–H and O–H groups in total. The molecule has 0 fully saturated rings. The number of hydrogen-bond acceptors (Lipinski definition) is 5. The van der Waals surface area contributed by atoms with Crippen LogP contribution in [0.5, 0.6) is 5.75 Å². The predicted molar refractivity (Wildman–Crippen MR) is 112 cm³/mol. The number of carbonyl (C=O) groups is 2. The van der Waals surface area contributed by atoms with Crippen LogP contribution >= 0.6 is 0 Å². The number of benzene rings is 1. The van der Waals surface area contributed by atoms with Crippen molar-refractivity contribution < 1.29 is 18.7 Å². The van der Waals surface area contributed by atoms with E-state index < -0.39 is 0 Å². The van der Waals surface area contributed by atoms with E-state index in [2.05, 4.69) is 10.6 Å². The number of methoxy groups -OCH3 is 1. The third kappa shape index (κ3) is 3.10. The predicted octanol–water partition coefficient (Wildman–Crippen LogP) is 2.79. The van der Waals surface area contributed by atoms with Crippen molar-refractivity contribution >= 4 is 28.5 Å². The molecule has 4 rings (SSSR count). The van der Waals surface area contributed by atoms with Gasteiger partial charge >= 0.3 is 0 Å². The van der Waals surface area contributed by atoms with E-state index in [-0.39, 0.29) is 17.6 Å². The number of furan rings is 1. The van der Waals surface area contributed by atoms with Crippen molar-refractivity contribution in [3.05, 3.63) is 54.1 Å². The van der Waals surface area contributed by atoms with E-state index in [1.165, 1.54) is 13.4 Å². The Bertz CT molecular complexity index is 1250. The molecule has 0 aliphatic heterocycles. The molecule has 0 bridgehead atoms. The third-order valence-electron chi connectivity index (χ3n) is 4.91. The Morgan fingerprint density at radius 1 is 1.17 bits per heavy atom. The molecule has 3 heterocycles. The van der Waals surface area contributed by atoms with Crippen molar-refractivity contribution in [3.63, 3.8) is 0 Å². The van der Waals surface area contributed by atoms with Gasteiger partial charge in [0.15, 0.2) is 17.3 Å². The van der Waals surface area contributed by atoms with E-state index in [9.17, 15) is 9.59 Å². The SMILES string of the molecule is CNC(=O)c1cn(C)c(-c2nc3cc(NC(=O)c4ccco4)ccc3n2C)c1OC. The number of aromatic nitrogens is 3. The van der Waals surface area contributed by atoms with Crippen LogP contribution in [-0.2, 0) is 14.1 Å². The van der Waals surface area contributed by atoms with Gasteiger partial charge in [0.05, 0.1) is 30.0 Å². The standard InChI is InChI=1S/C21H21N5O4/c1-22-20(27)13-11-25(2)17(18(13)29-4)19-24-14-10-12(7-8-15(14)26(19)3)23-21(28)16-6-5-9-30-16/h5-11H,1-4H3,(H,22,27)(H,23,28). The number of nitrogens with one attached hydrogen (secondary N) is 2. The van der Waals surface area contributed by atoms with Crippen LogP contribution in [0.15, 0.2) is 47.2 Å². The van der Waals surface area contributed by atoms with Gasteiger partial charge in [0.25, 0.3) is 11.8 Å². The summed E-state index contributed by atoms with van der Waals surface area (Å²) in [5.41, 5.74) is 3.26. The van der Waals surface area contributed by atoms with Crippen molar-refractivity contribution in [1.82, 2.24) is 19.4 Å². The molecule has 0 aliphatic rings. The van der Waals surface area contributed by atoms with Crippen molar-refractivity contribution in [1.29, 1.82) is 0 Å². The summed E-state index contributed by atoms with van der Waals surface area (Å²) in [7, 11) is 6.81. The maximum Gasteiger partial charge on any atom is 0.291 e. The highest BCUT2D eigenvalue weighted by Crippen LogP contribution is 2.35. The number of anilines is 1. The maximum atomic E-state index is 12.2. The summed E-state index contributed by atoms with van der Waals surface area (Å²) in [6, 6.07) is 8.71. The van der Waals surface area contributed by atoms with Gasteiger partial charge in [-0.3, -0.25) is 9.59 Å². The lowest BCUT2D eigenvalue weighted by Crippen LogP contribution is -2.17. The molecule has 4 aromatic rings. The van der Waals surface area contributed by atoms with Gasteiger partial charge in [-0.1, -0.05) is 0 Å². The molecule has 0 atom stereocenters. The molecule has 0 saturated heterocycles.